The van der Waals surface area contributed by atoms with Gasteiger partial charge in [-0.05, 0) is 38.3 Å². The van der Waals surface area contributed by atoms with E-state index in [1.807, 2.05) is 0 Å². The summed E-state index contributed by atoms with van der Waals surface area (Å²) in [5, 5.41) is 0. The standard InChI is InChI=1S/C14H28N2/c1-2-16(11-8-13-6-7-13)14(12-15)9-4-3-5-10-14/h13H,2-12,15H2,1H3. The van der Waals surface area contributed by atoms with Crippen LogP contribution in [0.3, 0.4) is 0 Å². The largest absolute Gasteiger partial charge is 0.329 e. The third-order valence-electron chi connectivity index (χ3n) is 4.72. The van der Waals surface area contributed by atoms with Gasteiger partial charge in [-0.3, -0.25) is 4.90 Å². The van der Waals surface area contributed by atoms with E-state index in [-0.39, 0.29) is 0 Å². The first-order valence-electron chi connectivity index (χ1n) is 7.26. The highest BCUT2D eigenvalue weighted by molar-refractivity contribution is 4.94. The maximum absolute atomic E-state index is 6.10. The third kappa shape index (κ3) is 2.78. The van der Waals surface area contributed by atoms with Crippen LogP contribution in [0, 0.1) is 5.92 Å². The Morgan fingerprint density at radius 3 is 2.38 bits per heavy atom. The first-order chi connectivity index (χ1) is 7.80. The molecule has 16 heavy (non-hydrogen) atoms. The summed E-state index contributed by atoms with van der Waals surface area (Å²) >= 11 is 0. The zero-order valence-electron chi connectivity index (χ0n) is 10.9. The SMILES string of the molecule is CCN(CCC1CC1)C1(CN)CCCCC1. The predicted molar refractivity (Wildman–Crippen MR) is 69.5 cm³/mol. The number of nitrogens with two attached hydrogens (primary N) is 1. The minimum atomic E-state index is 0.363. The molecule has 2 aliphatic rings. The number of nitrogens with zero attached hydrogens (tertiary/aromatic N) is 1. The van der Waals surface area contributed by atoms with Crippen LogP contribution in [0.5, 0.6) is 0 Å². The highest BCUT2D eigenvalue weighted by Crippen LogP contribution is 2.36. The van der Waals surface area contributed by atoms with Gasteiger partial charge in [0.1, 0.15) is 0 Å². The van der Waals surface area contributed by atoms with Crippen LogP contribution in [-0.2, 0) is 0 Å². The molecule has 0 spiro atoms. The lowest BCUT2D eigenvalue weighted by Crippen LogP contribution is -2.55. The highest BCUT2D eigenvalue weighted by Gasteiger charge is 2.36. The first kappa shape index (κ1) is 12.4. The zero-order chi connectivity index (χ0) is 11.4. The van der Waals surface area contributed by atoms with Gasteiger partial charge in [-0.25, -0.2) is 0 Å². The molecule has 2 heteroatoms. The van der Waals surface area contributed by atoms with Crippen molar-refractivity contribution in [3.05, 3.63) is 0 Å². The fourth-order valence-electron chi connectivity index (χ4n) is 3.33. The van der Waals surface area contributed by atoms with Crippen molar-refractivity contribution in [3.63, 3.8) is 0 Å². The summed E-state index contributed by atoms with van der Waals surface area (Å²) in [7, 11) is 0. The molecular formula is C14H28N2. The van der Waals surface area contributed by atoms with Crippen LogP contribution in [0.25, 0.3) is 0 Å². The average Bonchev–Trinajstić information content (AvgIpc) is 3.15. The summed E-state index contributed by atoms with van der Waals surface area (Å²) in [5.74, 6) is 1.05. The monoisotopic (exact) mass is 224 g/mol. The van der Waals surface area contributed by atoms with E-state index >= 15 is 0 Å². The highest BCUT2D eigenvalue weighted by atomic mass is 15.2. The molecule has 94 valence electrons. The zero-order valence-corrected chi connectivity index (χ0v) is 10.9. The van der Waals surface area contributed by atoms with Gasteiger partial charge in [0.25, 0.3) is 0 Å². The van der Waals surface area contributed by atoms with Crippen molar-refractivity contribution < 1.29 is 0 Å². The Balaban J connectivity index is 1.91. The molecule has 0 amide bonds. The summed E-state index contributed by atoms with van der Waals surface area (Å²) in [5.41, 5.74) is 6.46. The summed E-state index contributed by atoms with van der Waals surface area (Å²) in [6, 6.07) is 0. The molecule has 0 saturated heterocycles. The second kappa shape index (κ2) is 5.50. The summed E-state index contributed by atoms with van der Waals surface area (Å²) in [6.07, 6.45) is 11.2. The van der Waals surface area contributed by atoms with E-state index in [1.165, 1.54) is 64.5 Å². The number of likely N-dealkylation sites (N-methyl/N-ethyl adjacent to an activating group) is 1. The molecule has 2 saturated carbocycles. The maximum Gasteiger partial charge on any atom is 0.0331 e. The van der Waals surface area contributed by atoms with Crippen molar-refractivity contribution in [1.29, 1.82) is 0 Å². The Labute approximate surface area is 101 Å². The summed E-state index contributed by atoms with van der Waals surface area (Å²) in [4.78, 5) is 2.70. The Morgan fingerprint density at radius 1 is 1.19 bits per heavy atom. The van der Waals surface area contributed by atoms with Crippen LogP contribution in [0.4, 0.5) is 0 Å². The van der Waals surface area contributed by atoms with Crippen molar-refractivity contribution in [2.45, 2.75) is 63.8 Å². The molecule has 2 nitrogen and oxygen atoms in total. The van der Waals surface area contributed by atoms with Crippen LogP contribution >= 0.6 is 0 Å². The predicted octanol–water partition coefficient (Wildman–Crippen LogP) is 2.77. The van der Waals surface area contributed by atoms with Crippen LogP contribution in [-0.4, -0.2) is 30.1 Å². The minimum absolute atomic E-state index is 0.363. The maximum atomic E-state index is 6.10. The third-order valence-corrected chi connectivity index (χ3v) is 4.72. The number of hydrogen-bond donors (Lipinski definition) is 1. The molecular weight excluding hydrogens is 196 g/mol. The van der Waals surface area contributed by atoms with Crippen molar-refractivity contribution in [2.75, 3.05) is 19.6 Å². The molecule has 0 aliphatic heterocycles. The van der Waals surface area contributed by atoms with E-state index < -0.39 is 0 Å². The Hall–Kier alpha value is -0.0800. The van der Waals surface area contributed by atoms with Crippen LogP contribution in [0.2, 0.25) is 0 Å². The van der Waals surface area contributed by atoms with Crippen LogP contribution in [0.1, 0.15) is 58.3 Å². The van der Waals surface area contributed by atoms with E-state index in [1.54, 1.807) is 0 Å². The average molecular weight is 224 g/mol. The minimum Gasteiger partial charge on any atom is -0.329 e. The van der Waals surface area contributed by atoms with Gasteiger partial charge in [-0.1, -0.05) is 39.0 Å². The van der Waals surface area contributed by atoms with Crippen molar-refractivity contribution in [2.24, 2.45) is 11.7 Å². The van der Waals surface area contributed by atoms with Gasteiger partial charge in [-0.15, -0.1) is 0 Å². The van der Waals surface area contributed by atoms with E-state index in [0.717, 1.165) is 12.5 Å². The molecule has 0 radical (unpaired) electrons. The van der Waals surface area contributed by atoms with Gasteiger partial charge in [0.15, 0.2) is 0 Å². The second-order valence-electron chi connectivity index (χ2n) is 5.80. The molecule has 0 atom stereocenters. The smallest absolute Gasteiger partial charge is 0.0331 e. The van der Waals surface area contributed by atoms with Gasteiger partial charge < -0.3 is 5.73 Å². The topological polar surface area (TPSA) is 29.3 Å². The summed E-state index contributed by atoms with van der Waals surface area (Å²) in [6.45, 7) is 5.65. The molecule has 0 unspecified atom stereocenters. The molecule has 0 aromatic carbocycles. The van der Waals surface area contributed by atoms with E-state index in [0.29, 0.717) is 5.54 Å². The molecule has 0 bridgehead atoms. The molecule has 2 fully saturated rings. The van der Waals surface area contributed by atoms with Gasteiger partial charge in [0, 0.05) is 12.1 Å². The van der Waals surface area contributed by atoms with Crippen molar-refractivity contribution >= 4 is 0 Å². The number of hydrogen-bond acceptors (Lipinski definition) is 2. The fraction of sp³-hybridized carbons (Fsp3) is 1.00. The molecule has 0 aromatic heterocycles. The molecule has 2 rings (SSSR count). The Bertz CT molecular complexity index is 205. The lowest BCUT2D eigenvalue weighted by Gasteiger charge is -2.46. The van der Waals surface area contributed by atoms with Gasteiger partial charge >= 0.3 is 0 Å². The molecule has 2 N–H and O–H groups in total. The first-order valence-corrected chi connectivity index (χ1v) is 7.26. The summed E-state index contributed by atoms with van der Waals surface area (Å²) < 4.78 is 0. The van der Waals surface area contributed by atoms with Gasteiger partial charge in [0.05, 0.1) is 0 Å². The quantitative estimate of drug-likeness (QED) is 0.751. The lowest BCUT2D eigenvalue weighted by molar-refractivity contribution is 0.0594. The van der Waals surface area contributed by atoms with Crippen molar-refractivity contribution in [3.8, 4) is 0 Å². The van der Waals surface area contributed by atoms with Crippen molar-refractivity contribution in [1.82, 2.24) is 4.90 Å². The second-order valence-corrected chi connectivity index (χ2v) is 5.80. The van der Waals surface area contributed by atoms with E-state index in [2.05, 4.69) is 11.8 Å². The molecule has 0 heterocycles. The normalized spacial score (nSPS) is 24.9. The molecule has 2 aliphatic carbocycles. The molecule has 0 aromatic rings. The Morgan fingerprint density at radius 2 is 1.88 bits per heavy atom. The fourth-order valence-corrected chi connectivity index (χ4v) is 3.33. The van der Waals surface area contributed by atoms with Gasteiger partial charge in [0.2, 0.25) is 0 Å². The van der Waals surface area contributed by atoms with Gasteiger partial charge in [-0.2, -0.15) is 0 Å². The van der Waals surface area contributed by atoms with E-state index in [4.69, 9.17) is 5.73 Å². The van der Waals surface area contributed by atoms with Crippen LogP contribution < -0.4 is 5.73 Å². The van der Waals surface area contributed by atoms with E-state index in [9.17, 15) is 0 Å². The number of rotatable bonds is 6. The lowest BCUT2D eigenvalue weighted by atomic mass is 9.80. The Kier molecular flexibility index (Phi) is 4.26. The van der Waals surface area contributed by atoms with Crippen LogP contribution in [0.15, 0.2) is 0 Å².